The van der Waals surface area contributed by atoms with E-state index in [2.05, 4.69) is 39.7 Å². The van der Waals surface area contributed by atoms with E-state index in [0.29, 0.717) is 24.7 Å². The first-order valence-electron chi connectivity index (χ1n) is 11.2. The molecule has 8 heteroatoms. The molecule has 0 unspecified atom stereocenters. The van der Waals surface area contributed by atoms with Crippen LogP contribution in [0.5, 0.6) is 0 Å². The van der Waals surface area contributed by atoms with E-state index in [9.17, 15) is 14.4 Å². The van der Waals surface area contributed by atoms with Crippen molar-refractivity contribution in [2.24, 2.45) is 0 Å². The maximum atomic E-state index is 13.1. The highest BCUT2D eigenvalue weighted by Crippen LogP contribution is 2.31. The molecule has 3 aromatic rings. The van der Waals surface area contributed by atoms with Crippen LogP contribution in [0.4, 0.5) is 17.5 Å². The van der Waals surface area contributed by atoms with Crippen molar-refractivity contribution in [2.45, 2.75) is 38.6 Å². The zero-order valence-electron chi connectivity index (χ0n) is 18.4. The number of carbonyl (C=O) groups excluding carboxylic acids is 2. The molecule has 2 aliphatic heterocycles. The van der Waals surface area contributed by atoms with E-state index in [1.165, 1.54) is 11.1 Å². The van der Waals surface area contributed by atoms with Gasteiger partial charge in [-0.15, -0.1) is 0 Å². The van der Waals surface area contributed by atoms with E-state index in [-0.39, 0.29) is 23.7 Å². The van der Waals surface area contributed by atoms with Gasteiger partial charge in [-0.2, -0.15) is 4.98 Å². The average Bonchev–Trinajstić information content (AvgIpc) is 2.83. The van der Waals surface area contributed by atoms with Gasteiger partial charge >= 0.3 is 0 Å². The third kappa shape index (κ3) is 4.11. The molecule has 3 heterocycles. The summed E-state index contributed by atoms with van der Waals surface area (Å²) in [6.07, 6.45) is 1.63. The van der Waals surface area contributed by atoms with Crippen molar-refractivity contribution < 1.29 is 9.59 Å². The number of fused-ring (bicyclic) bond motifs is 2. The number of nitrogens with zero attached hydrogens (tertiary/aromatic N) is 2. The number of aryl methyl sites for hydroxylation is 1. The molecule has 168 valence electrons. The minimum Gasteiger partial charge on any atom is -0.338 e. The van der Waals surface area contributed by atoms with E-state index in [0.717, 1.165) is 18.4 Å². The van der Waals surface area contributed by atoms with Crippen LogP contribution in [0.15, 0.2) is 53.3 Å². The summed E-state index contributed by atoms with van der Waals surface area (Å²) in [5.74, 6) is -1.10. The fourth-order valence-electron chi connectivity index (χ4n) is 4.46. The first-order chi connectivity index (χ1) is 16.0. The van der Waals surface area contributed by atoms with Crippen molar-refractivity contribution >= 4 is 29.3 Å². The number of hydrogen-bond donors (Lipinski definition) is 3. The molecule has 8 nitrogen and oxygen atoms in total. The topological polar surface area (TPSA) is 107 Å². The van der Waals surface area contributed by atoms with Crippen LogP contribution in [0.1, 0.15) is 41.5 Å². The van der Waals surface area contributed by atoms with Gasteiger partial charge in [0, 0.05) is 25.2 Å². The maximum Gasteiger partial charge on any atom is 0.258 e. The second-order valence-corrected chi connectivity index (χ2v) is 8.44. The third-order valence-corrected chi connectivity index (χ3v) is 6.31. The number of aromatic amines is 1. The molecule has 2 aliphatic rings. The van der Waals surface area contributed by atoms with Crippen LogP contribution >= 0.6 is 0 Å². The molecule has 0 spiro atoms. The molecule has 5 rings (SSSR count). The largest absolute Gasteiger partial charge is 0.338 e. The lowest BCUT2D eigenvalue weighted by Gasteiger charge is -2.30. The zero-order chi connectivity index (χ0) is 22.9. The van der Waals surface area contributed by atoms with Crippen LogP contribution in [-0.4, -0.2) is 28.3 Å². The van der Waals surface area contributed by atoms with Gasteiger partial charge in [0.2, 0.25) is 17.8 Å². The minimum absolute atomic E-state index is 0.104. The number of H-pyrrole nitrogens is 1. The fraction of sp³-hybridized carbons (Fsp3) is 0.280. The number of amides is 2. The van der Waals surface area contributed by atoms with Crippen LogP contribution < -0.4 is 21.1 Å². The lowest BCUT2D eigenvalue weighted by molar-refractivity contribution is -0.123. The van der Waals surface area contributed by atoms with Gasteiger partial charge in [0.15, 0.2) is 0 Å². The fourth-order valence-corrected chi connectivity index (χ4v) is 4.46. The Bertz CT molecular complexity index is 1280. The van der Waals surface area contributed by atoms with Crippen LogP contribution in [0.25, 0.3) is 0 Å². The number of rotatable bonds is 4. The summed E-state index contributed by atoms with van der Waals surface area (Å²) >= 11 is 0. The monoisotopic (exact) mass is 443 g/mol. The summed E-state index contributed by atoms with van der Waals surface area (Å²) in [6.45, 7) is 3.37. The Labute approximate surface area is 191 Å². The third-order valence-electron chi connectivity index (χ3n) is 6.31. The van der Waals surface area contributed by atoms with E-state index in [1.54, 1.807) is 0 Å². The molecule has 2 aromatic carbocycles. The van der Waals surface area contributed by atoms with Crippen molar-refractivity contribution in [3.05, 3.63) is 81.1 Å². The van der Waals surface area contributed by atoms with Gasteiger partial charge < -0.3 is 15.5 Å². The van der Waals surface area contributed by atoms with Gasteiger partial charge in [0.05, 0.1) is 11.5 Å². The van der Waals surface area contributed by atoms with Crippen molar-refractivity contribution in [2.75, 3.05) is 22.1 Å². The smallest absolute Gasteiger partial charge is 0.258 e. The summed E-state index contributed by atoms with van der Waals surface area (Å²) in [5, 5.41) is 5.52. The Morgan fingerprint density at radius 1 is 1.12 bits per heavy atom. The molecule has 0 saturated heterocycles. The molecule has 0 fully saturated rings. The van der Waals surface area contributed by atoms with Crippen molar-refractivity contribution in [3.8, 4) is 0 Å². The SMILES string of the molecule is CCc1ccc(NC(=O)[C@@H]2CC(=O)Nc3nc(N4CCc5ccccc5C4)[nH]c(=O)c32)cc1. The predicted octanol–water partition coefficient (Wildman–Crippen LogP) is 2.96. The summed E-state index contributed by atoms with van der Waals surface area (Å²) in [4.78, 5) is 47.8. The van der Waals surface area contributed by atoms with Gasteiger partial charge in [-0.3, -0.25) is 19.4 Å². The minimum atomic E-state index is -0.910. The Morgan fingerprint density at radius 3 is 2.64 bits per heavy atom. The van der Waals surface area contributed by atoms with Gasteiger partial charge in [0.1, 0.15) is 5.82 Å². The van der Waals surface area contributed by atoms with Crippen molar-refractivity contribution in [1.82, 2.24) is 9.97 Å². The quantitative estimate of drug-likeness (QED) is 0.575. The molecule has 3 N–H and O–H groups in total. The molecule has 2 amide bonds. The standard InChI is InChI=1S/C25H25N5O3/c1-2-15-7-9-18(10-8-15)26-23(32)19-13-20(31)27-22-21(19)24(33)29-25(28-22)30-12-11-16-5-3-4-6-17(16)14-30/h3-10,19H,2,11-14H2,1H3,(H,26,32)(H2,27,28,29,31,33)/t19-/m1/s1. The number of anilines is 3. The predicted molar refractivity (Wildman–Crippen MR) is 126 cm³/mol. The summed E-state index contributed by atoms with van der Waals surface area (Å²) < 4.78 is 0. The first-order valence-corrected chi connectivity index (χ1v) is 11.2. The normalized spacial score (nSPS) is 17.1. The second kappa shape index (κ2) is 8.54. The van der Waals surface area contributed by atoms with E-state index < -0.39 is 17.4 Å². The summed E-state index contributed by atoms with van der Waals surface area (Å²) in [7, 11) is 0. The molecule has 1 aromatic heterocycles. The molecule has 0 radical (unpaired) electrons. The number of aromatic nitrogens is 2. The Kier molecular flexibility index (Phi) is 5.42. The highest BCUT2D eigenvalue weighted by molar-refractivity contribution is 6.04. The number of benzene rings is 2. The molecule has 0 bridgehead atoms. The van der Waals surface area contributed by atoms with Gasteiger partial charge in [-0.1, -0.05) is 43.3 Å². The van der Waals surface area contributed by atoms with Crippen LogP contribution in [-0.2, 0) is 29.0 Å². The van der Waals surface area contributed by atoms with E-state index in [4.69, 9.17) is 0 Å². The second-order valence-electron chi connectivity index (χ2n) is 8.44. The van der Waals surface area contributed by atoms with Crippen LogP contribution in [0.3, 0.4) is 0 Å². The lowest BCUT2D eigenvalue weighted by atomic mass is 9.92. The molecular formula is C25H25N5O3. The van der Waals surface area contributed by atoms with Crippen LogP contribution in [0, 0.1) is 0 Å². The Morgan fingerprint density at radius 2 is 1.88 bits per heavy atom. The average molecular weight is 444 g/mol. The van der Waals surface area contributed by atoms with Crippen molar-refractivity contribution in [3.63, 3.8) is 0 Å². The van der Waals surface area contributed by atoms with E-state index in [1.807, 2.05) is 41.3 Å². The van der Waals surface area contributed by atoms with Crippen molar-refractivity contribution in [1.29, 1.82) is 0 Å². The Balaban J connectivity index is 1.42. The molecule has 0 aliphatic carbocycles. The van der Waals surface area contributed by atoms with Gasteiger partial charge in [-0.05, 0) is 41.7 Å². The lowest BCUT2D eigenvalue weighted by Crippen LogP contribution is -2.38. The zero-order valence-corrected chi connectivity index (χ0v) is 18.4. The summed E-state index contributed by atoms with van der Waals surface area (Å²) in [5.41, 5.74) is 4.03. The Hall–Kier alpha value is -3.94. The van der Waals surface area contributed by atoms with Crippen LogP contribution in [0.2, 0.25) is 0 Å². The van der Waals surface area contributed by atoms with Gasteiger partial charge in [0.25, 0.3) is 5.56 Å². The van der Waals surface area contributed by atoms with E-state index >= 15 is 0 Å². The molecular weight excluding hydrogens is 418 g/mol. The number of hydrogen-bond acceptors (Lipinski definition) is 5. The summed E-state index contributed by atoms with van der Waals surface area (Å²) in [6, 6.07) is 15.7. The highest BCUT2D eigenvalue weighted by atomic mass is 16.2. The molecule has 33 heavy (non-hydrogen) atoms. The number of carbonyl (C=O) groups is 2. The van der Waals surface area contributed by atoms with Gasteiger partial charge in [-0.25, -0.2) is 0 Å². The maximum absolute atomic E-state index is 13.1. The number of nitrogens with one attached hydrogen (secondary N) is 3. The highest BCUT2D eigenvalue weighted by Gasteiger charge is 2.35. The first kappa shape index (κ1) is 20.9. The molecule has 0 saturated carbocycles. The molecule has 1 atom stereocenters.